The van der Waals surface area contributed by atoms with Crippen molar-refractivity contribution in [1.82, 2.24) is 19.8 Å². The molecule has 1 aromatic heterocycles. The molecule has 26 heavy (non-hydrogen) atoms. The molecular formula is C19H23N5O2. The third kappa shape index (κ3) is 3.82. The van der Waals surface area contributed by atoms with Gasteiger partial charge >= 0.3 is 0 Å². The van der Waals surface area contributed by atoms with Crippen LogP contribution in [0.4, 0.5) is 11.5 Å². The molecule has 0 radical (unpaired) electrons. The molecular weight excluding hydrogens is 330 g/mol. The fourth-order valence-corrected chi connectivity index (χ4v) is 3.07. The van der Waals surface area contributed by atoms with E-state index in [1.807, 2.05) is 19.1 Å². The monoisotopic (exact) mass is 353 g/mol. The quantitative estimate of drug-likeness (QED) is 0.832. The maximum atomic E-state index is 12.7. The van der Waals surface area contributed by atoms with E-state index < -0.39 is 0 Å². The van der Waals surface area contributed by atoms with Gasteiger partial charge in [0.1, 0.15) is 17.8 Å². The second kappa shape index (κ2) is 7.95. The maximum Gasteiger partial charge on any atom is 0.272 e. The molecule has 0 bridgehead atoms. The Morgan fingerprint density at radius 1 is 1.23 bits per heavy atom. The van der Waals surface area contributed by atoms with Crippen LogP contribution in [-0.4, -0.2) is 58.3 Å². The summed E-state index contributed by atoms with van der Waals surface area (Å²) in [6.45, 7) is 6.28. The Balaban J connectivity index is 1.77. The fourth-order valence-electron chi connectivity index (χ4n) is 3.07. The van der Waals surface area contributed by atoms with E-state index in [1.165, 1.54) is 11.9 Å². The van der Waals surface area contributed by atoms with Crippen molar-refractivity contribution in [2.45, 2.75) is 20.3 Å². The van der Waals surface area contributed by atoms with Crippen LogP contribution in [0.25, 0.3) is 0 Å². The molecule has 1 N–H and O–H groups in total. The summed E-state index contributed by atoms with van der Waals surface area (Å²) in [5, 5.41) is 3.33. The average Bonchev–Trinajstić information content (AvgIpc) is 2.69. The molecule has 136 valence electrons. The lowest BCUT2D eigenvalue weighted by atomic mass is 10.1. The summed E-state index contributed by atoms with van der Waals surface area (Å²) in [6.07, 6.45) is 3.13. The zero-order valence-electron chi connectivity index (χ0n) is 15.1. The molecule has 1 aliphatic rings. The lowest BCUT2D eigenvalue weighted by Gasteiger charge is -2.32. The SMILES string of the molecule is CCc1cccc(C)c1Nc1cc(C(=O)N2CCN(C=O)CC2)ncn1. The summed E-state index contributed by atoms with van der Waals surface area (Å²) in [4.78, 5) is 35.3. The van der Waals surface area contributed by atoms with Crippen molar-refractivity contribution in [1.29, 1.82) is 0 Å². The number of amides is 2. The van der Waals surface area contributed by atoms with Crippen molar-refractivity contribution in [2.24, 2.45) is 0 Å². The number of carbonyl (C=O) groups is 2. The largest absolute Gasteiger partial charge is 0.342 e. The minimum absolute atomic E-state index is 0.138. The van der Waals surface area contributed by atoms with Crippen molar-refractivity contribution < 1.29 is 9.59 Å². The molecule has 2 aromatic rings. The third-order valence-electron chi connectivity index (χ3n) is 4.63. The number of rotatable bonds is 5. The van der Waals surface area contributed by atoms with Crippen molar-refractivity contribution in [3.8, 4) is 0 Å². The minimum Gasteiger partial charge on any atom is -0.342 e. The van der Waals surface area contributed by atoms with Gasteiger partial charge in [0.15, 0.2) is 0 Å². The van der Waals surface area contributed by atoms with Crippen LogP contribution in [0.15, 0.2) is 30.6 Å². The van der Waals surface area contributed by atoms with Crippen molar-refractivity contribution in [2.75, 3.05) is 31.5 Å². The zero-order chi connectivity index (χ0) is 18.5. The van der Waals surface area contributed by atoms with Gasteiger partial charge in [0.05, 0.1) is 0 Å². The molecule has 0 aliphatic carbocycles. The number of piperazine rings is 1. The smallest absolute Gasteiger partial charge is 0.272 e. The van der Waals surface area contributed by atoms with E-state index in [4.69, 9.17) is 0 Å². The molecule has 0 unspecified atom stereocenters. The molecule has 0 spiro atoms. The lowest BCUT2D eigenvalue weighted by Crippen LogP contribution is -2.48. The molecule has 1 fully saturated rings. The normalized spacial score (nSPS) is 14.2. The number of benzene rings is 1. The number of para-hydroxylation sites is 1. The van der Waals surface area contributed by atoms with Gasteiger partial charge in [-0.2, -0.15) is 0 Å². The molecule has 7 nitrogen and oxygen atoms in total. The Morgan fingerprint density at radius 3 is 2.69 bits per heavy atom. The van der Waals surface area contributed by atoms with Crippen LogP contribution in [0.2, 0.25) is 0 Å². The van der Waals surface area contributed by atoms with E-state index in [1.54, 1.807) is 15.9 Å². The topological polar surface area (TPSA) is 78.4 Å². The number of hydrogen-bond acceptors (Lipinski definition) is 5. The molecule has 0 atom stereocenters. The summed E-state index contributed by atoms with van der Waals surface area (Å²) in [6, 6.07) is 7.84. The van der Waals surface area contributed by atoms with Gasteiger partial charge in [-0.1, -0.05) is 25.1 Å². The van der Waals surface area contributed by atoms with Gasteiger partial charge in [-0.15, -0.1) is 0 Å². The Hall–Kier alpha value is -2.96. The summed E-state index contributed by atoms with van der Waals surface area (Å²) in [5.74, 6) is 0.459. The second-order valence-electron chi connectivity index (χ2n) is 6.31. The maximum absolute atomic E-state index is 12.7. The van der Waals surface area contributed by atoms with Gasteiger partial charge in [0.25, 0.3) is 5.91 Å². The third-order valence-corrected chi connectivity index (χ3v) is 4.63. The number of nitrogens with one attached hydrogen (secondary N) is 1. The van der Waals surface area contributed by atoms with E-state index in [0.29, 0.717) is 37.7 Å². The van der Waals surface area contributed by atoms with Crippen LogP contribution < -0.4 is 5.32 Å². The minimum atomic E-state index is -0.138. The van der Waals surface area contributed by atoms with E-state index >= 15 is 0 Å². The van der Waals surface area contributed by atoms with Crippen LogP contribution in [0, 0.1) is 6.92 Å². The van der Waals surface area contributed by atoms with Gasteiger partial charge in [0.2, 0.25) is 6.41 Å². The Kier molecular flexibility index (Phi) is 5.46. The summed E-state index contributed by atoms with van der Waals surface area (Å²) < 4.78 is 0. The van der Waals surface area contributed by atoms with Crippen molar-refractivity contribution in [3.63, 3.8) is 0 Å². The highest BCUT2D eigenvalue weighted by atomic mass is 16.2. The molecule has 7 heteroatoms. The second-order valence-corrected chi connectivity index (χ2v) is 6.31. The number of aromatic nitrogens is 2. The molecule has 1 aromatic carbocycles. The number of hydrogen-bond donors (Lipinski definition) is 1. The first-order valence-corrected chi connectivity index (χ1v) is 8.78. The van der Waals surface area contributed by atoms with Gasteiger partial charge in [-0.05, 0) is 24.5 Å². The summed E-state index contributed by atoms with van der Waals surface area (Å²) in [7, 11) is 0. The first kappa shape index (κ1) is 17.8. The Labute approximate surface area is 153 Å². The van der Waals surface area contributed by atoms with Crippen LogP contribution in [-0.2, 0) is 11.2 Å². The van der Waals surface area contributed by atoms with Crippen LogP contribution in [0.5, 0.6) is 0 Å². The fraction of sp³-hybridized carbons (Fsp3) is 0.368. The Morgan fingerprint density at radius 2 is 2.00 bits per heavy atom. The van der Waals surface area contributed by atoms with Gasteiger partial charge < -0.3 is 15.1 Å². The average molecular weight is 353 g/mol. The van der Waals surface area contributed by atoms with Crippen molar-refractivity contribution >= 4 is 23.8 Å². The van der Waals surface area contributed by atoms with E-state index in [2.05, 4.69) is 28.3 Å². The predicted molar refractivity (Wildman–Crippen MR) is 99.4 cm³/mol. The van der Waals surface area contributed by atoms with Gasteiger partial charge in [-0.25, -0.2) is 9.97 Å². The molecule has 0 saturated carbocycles. The molecule has 2 heterocycles. The van der Waals surface area contributed by atoms with Crippen molar-refractivity contribution in [3.05, 3.63) is 47.4 Å². The summed E-state index contributed by atoms with van der Waals surface area (Å²) in [5.41, 5.74) is 3.70. The molecule has 3 rings (SSSR count). The number of carbonyl (C=O) groups excluding carboxylic acids is 2. The highest BCUT2D eigenvalue weighted by molar-refractivity contribution is 5.93. The van der Waals surface area contributed by atoms with Crippen LogP contribution >= 0.6 is 0 Å². The Bertz CT molecular complexity index is 800. The number of nitrogens with zero attached hydrogens (tertiary/aromatic N) is 4. The first-order chi connectivity index (χ1) is 12.6. The molecule has 2 amide bonds. The van der Waals surface area contributed by atoms with Gasteiger partial charge in [0, 0.05) is 37.9 Å². The van der Waals surface area contributed by atoms with E-state index in [-0.39, 0.29) is 5.91 Å². The van der Waals surface area contributed by atoms with Crippen LogP contribution in [0.3, 0.4) is 0 Å². The lowest BCUT2D eigenvalue weighted by molar-refractivity contribution is -0.119. The van der Waals surface area contributed by atoms with Crippen LogP contribution in [0.1, 0.15) is 28.5 Å². The zero-order valence-corrected chi connectivity index (χ0v) is 15.1. The van der Waals surface area contributed by atoms with E-state index in [0.717, 1.165) is 24.1 Å². The highest BCUT2D eigenvalue weighted by Gasteiger charge is 2.22. The van der Waals surface area contributed by atoms with E-state index in [9.17, 15) is 9.59 Å². The number of anilines is 2. The number of aryl methyl sites for hydroxylation is 2. The predicted octanol–water partition coefficient (Wildman–Crippen LogP) is 2.01. The molecule has 1 saturated heterocycles. The van der Waals surface area contributed by atoms with Gasteiger partial charge in [-0.3, -0.25) is 9.59 Å². The summed E-state index contributed by atoms with van der Waals surface area (Å²) >= 11 is 0. The standard InChI is InChI=1S/C19H23N5O2/c1-3-15-6-4-5-14(2)18(15)22-17-11-16(20-12-21-17)19(26)24-9-7-23(13-25)8-10-24/h4-6,11-13H,3,7-10H2,1-2H3,(H,20,21,22). The molecule has 1 aliphatic heterocycles. The highest BCUT2D eigenvalue weighted by Crippen LogP contribution is 2.24. The first-order valence-electron chi connectivity index (χ1n) is 8.78.